The predicted molar refractivity (Wildman–Crippen MR) is 74.7 cm³/mol. The summed E-state index contributed by atoms with van der Waals surface area (Å²) in [6.07, 6.45) is 3.01. The van der Waals surface area contributed by atoms with Gasteiger partial charge in [0.25, 0.3) is 0 Å². The van der Waals surface area contributed by atoms with Crippen molar-refractivity contribution in [2.24, 2.45) is 0 Å². The van der Waals surface area contributed by atoms with E-state index in [2.05, 4.69) is 5.32 Å². The zero-order valence-corrected chi connectivity index (χ0v) is 10.6. The van der Waals surface area contributed by atoms with Gasteiger partial charge in [-0.3, -0.25) is 4.79 Å². The molecule has 2 rings (SSSR count). The van der Waals surface area contributed by atoms with E-state index in [-0.39, 0.29) is 11.6 Å². The fourth-order valence-electron chi connectivity index (χ4n) is 1.65. The van der Waals surface area contributed by atoms with Crippen molar-refractivity contribution in [3.8, 4) is 0 Å². The molecule has 0 amide bonds. The van der Waals surface area contributed by atoms with E-state index in [0.29, 0.717) is 11.1 Å². The molecule has 2 aromatic rings. The number of benzene rings is 2. The Labute approximate surface area is 111 Å². The molecule has 2 nitrogen and oxygen atoms in total. The highest BCUT2D eigenvalue weighted by molar-refractivity contribution is 6.04. The van der Waals surface area contributed by atoms with Crippen molar-refractivity contribution in [3.05, 3.63) is 77.8 Å². The molecule has 0 aliphatic heterocycles. The molecule has 0 saturated carbocycles. The van der Waals surface area contributed by atoms with E-state index in [9.17, 15) is 9.18 Å². The van der Waals surface area contributed by atoms with Gasteiger partial charge in [0.05, 0.1) is 0 Å². The number of aryl methyl sites for hydroxylation is 1. The summed E-state index contributed by atoms with van der Waals surface area (Å²) in [7, 11) is 0. The van der Waals surface area contributed by atoms with Gasteiger partial charge in [0, 0.05) is 23.5 Å². The molecule has 96 valence electrons. The number of carbonyl (C=O) groups is 1. The average Bonchev–Trinajstić information content (AvgIpc) is 2.43. The minimum atomic E-state index is -0.241. The van der Waals surface area contributed by atoms with Crippen LogP contribution in [0.3, 0.4) is 0 Å². The van der Waals surface area contributed by atoms with Gasteiger partial charge in [-0.25, -0.2) is 4.39 Å². The molecular weight excluding hydrogens is 241 g/mol. The normalized spacial score (nSPS) is 10.6. The Hall–Kier alpha value is -2.42. The Bertz CT molecular complexity index is 605. The second-order valence-corrected chi connectivity index (χ2v) is 4.17. The SMILES string of the molecule is Cc1cc(N/C=C\C(=O)c2ccccc2)ccc1F. The number of ketones is 1. The van der Waals surface area contributed by atoms with Gasteiger partial charge < -0.3 is 5.32 Å². The van der Waals surface area contributed by atoms with E-state index in [1.54, 1.807) is 37.4 Å². The molecule has 0 aliphatic carbocycles. The Kier molecular flexibility index (Phi) is 4.08. The summed E-state index contributed by atoms with van der Waals surface area (Å²) in [5.41, 5.74) is 1.94. The average molecular weight is 255 g/mol. The summed E-state index contributed by atoms with van der Waals surface area (Å²) in [5, 5.41) is 2.95. The first-order chi connectivity index (χ1) is 9.16. The van der Waals surface area contributed by atoms with E-state index in [0.717, 1.165) is 5.69 Å². The number of halogens is 1. The Morgan fingerprint density at radius 2 is 1.89 bits per heavy atom. The zero-order chi connectivity index (χ0) is 13.7. The molecule has 0 atom stereocenters. The molecule has 3 heteroatoms. The van der Waals surface area contributed by atoms with Crippen LogP contribution >= 0.6 is 0 Å². The molecule has 0 aliphatic rings. The smallest absolute Gasteiger partial charge is 0.187 e. The van der Waals surface area contributed by atoms with Crippen LogP contribution in [0.2, 0.25) is 0 Å². The van der Waals surface area contributed by atoms with Gasteiger partial charge in [-0.15, -0.1) is 0 Å². The molecule has 0 fully saturated rings. The van der Waals surface area contributed by atoms with Crippen molar-refractivity contribution in [3.63, 3.8) is 0 Å². The second-order valence-electron chi connectivity index (χ2n) is 4.17. The molecule has 0 saturated heterocycles. The van der Waals surface area contributed by atoms with Crippen molar-refractivity contribution in [2.75, 3.05) is 5.32 Å². The first-order valence-corrected chi connectivity index (χ1v) is 5.95. The lowest BCUT2D eigenvalue weighted by Gasteiger charge is -2.02. The highest BCUT2D eigenvalue weighted by atomic mass is 19.1. The third kappa shape index (κ3) is 3.52. The third-order valence-corrected chi connectivity index (χ3v) is 2.70. The number of carbonyl (C=O) groups excluding carboxylic acids is 1. The van der Waals surface area contributed by atoms with Crippen molar-refractivity contribution < 1.29 is 9.18 Å². The number of hydrogen-bond donors (Lipinski definition) is 1. The topological polar surface area (TPSA) is 29.1 Å². The van der Waals surface area contributed by atoms with Crippen LogP contribution in [-0.4, -0.2) is 5.78 Å². The summed E-state index contributed by atoms with van der Waals surface area (Å²) in [6, 6.07) is 13.7. The summed E-state index contributed by atoms with van der Waals surface area (Å²) >= 11 is 0. The summed E-state index contributed by atoms with van der Waals surface area (Å²) in [5.74, 6) is -0.318. The van der Waals surface area contributed by atoms with Crippen molar-refractivity contribution in [2.45, 2.75) is 6.92 Å². The molecule has 0 aromatic heterocycles. The lowest BCUT2D eigenvalue weighted by atomic mass is 10.1. The number of rotatable bonds is 4. The zero-order valence-electron chi connectivity index (χ0n) is 10.6. The maximum Gasteiger partial charge on any atom is 0.187 e. The molecule has 0 spiro atoms. The molecular formula is C16H14FNO. The maximum absolute atomic E-state index is 13.1. The van der Waals surface area contributed by atoms with Crippen molar-refractivity contribution in [1.29, 1.82) is 0 Å². The van der Waals surface area contributed by atoms with Crippen LogP contribution in [0.15, 0.2) is 60.8 Å². The second kappa shape index (κ2) is 5.96. The van der Waals surface area contributed by atoms with Crippen LogP contribution in [0.25, 0.3) is 0 Å². The largest absolute Gasteiger partial charge is 0.362 e. The first kappa shape index (κ1) is 13.0. The predicted octanol–water partition coefficient (Wildman–Crippen LogP) is 3.94. The van der Waals surface area contributed by atoms with E-state index < -0.39 is 0 Å². The minimum Gasteiger partial charge on any atom is -0.362 e. The molecule has 0 unspecified atom stereocenters. The monoisotopic (exact) mass is 255 g/mol. The first-order valence-electron chi connectivity index (χ1n) is 5.95. The van der Waals surface area contributed by atoms with Gasteiger partial charge in [0.2, 0.25) is 0 Å². The minimum absolute atomic E-state index is 0.0769. The van der Waals surface area contributed by atoms with Gasteiger partial charge in [-0.05, 0) is 30.7 Å². The fourth-order valence-corrected chi connectivity index (χ4v) is 1.65. The molecule has 2 aromatic carbocycles. The van der Waals surface area contributed by atoms with Crippen LogP contribution in [0.1, 0.15) is 15.9 Å². The van der Waals surface area contributed by atoms with Gasteiger partial charge in [0.15, 0.2) is 5.78 Å². The lowest BCUT2D eigenvalue weighted by Crippen LogP contribution is -1.96. The van der Waals surface area contributed by atoms with Gasteiger partial charge in [-0.2, -0.15) is 0 Å². The van der Waals surface area contributed by atoms with Gasteiger partial charge >= 0.3 is 0 Å². The Morgan fingerprint density at radius 1 is 1.16 bits per heavy atom. The van der Waals surface area contributed by atoms with E-state index in [1.807, 2.05) is 18.2 Å². The number of anilines is 1. The third-order valence-electron chi connectivity index (χ3n) is 2.70. The summed E-state index contributed by atoms with van der Waals surface area (Å²) in [6.45, 7) is 1.69. The standard InChI is InChI=1S/C16H14FNO/c1-12-11-14(7-8-15(12)17)18-10-9-16(19)13-5-3-2-4-6-13/h2-11,18H,1H3/b10-9-. The van der Waals surface area contributed by atoms with E-state index >= 15 is 0 Å². The van der Waals surface area contributed by atoms with Crippen LogP contribution in [0, 0.1) is 12.7 Å². The number of nitrogens with one attached hydrogen (secondary N) is 1. The Morgan fingerprint density at radius 3 is 2.58 bits per heavy atom. The lowest BCUT2D eigenvalue weighted by molar-refractivity contribution is 0.104. The van der Waals surface area contributed by atoms with Crippen LogP contribution in [-0.2, 0) is 0 Å². The molecule has 0 radical (unpaired) electrons. The van der Waals surface area contributed by atoms with Crippen LogP contribution < -0.4 is 5.32 Å². The van der Waals surface area contributed by atoms with Crippen molar-refractivity contribution in [1.82, 2.24) is 0 Å². The molecule has 1 N–H and O–H groups in total. The molecule has 19 heavy (non-hydrogen) atoms. The highest BCUT2D eigenvalue weighted by Crippen LogP contribution is 2.13. The Balaban J connectivity index is 2.00. The van der Waals surface area contributed by atoms with Crippen LogP contribution in [0.4, 0.5) is 10.1 Å². The summed E-state index contributed by atoms with van der Waals surface area (Å²) in [4.78, 5) is 11.8. The van der Waals surface area contributed by atoms with Crippen LogP contribution in [0.5, 0.6) is 0 Å². The van der Waals surface area contributed by atoms with Crippen molar-refractivity contribution >= 4 is 11.5 Å². The highest BCUT2D eigenvalue weighted by Gasteiger charge is 2.00. The number of hydrogen-bond acceptors (Lipinski definition) is 2. The van der Waals surface area contributed by atoms with E-state index in [1.165, 1.54) is 12.1 Å². The number of allylic oxidation sites excluding steroid dienone is 1. The van der Waals surface area contributed by atoms with E-state index in [4.69, 9.17) is 0 Å². The quantitative estimate of drug-likeness (QED) is 0.662. The van der Waals surface area contributed by atoms with Gasteiger partial charge in [0.1, 0.15) is 5.82 Å². The maximum atomic E-state index is 13.1. The molecule has 0 bridgehead atoms. The fraction of sp³-hybridized carbons (Fsp3) is 0.0625. The summed E-state index contributed by atoms with van der Waals surface area (Å²) < 4.78 is 13.1. The molecule has 0 heterocycles. The van der Waals surface area contributed by atoms with Gasteiger partial charge in [-0.1, -0.05) is 30.3 Å².